The van der Waals surface area contributed by atoms with E-state index in [0.717, 1.165) is 53.1 Å². The van der Waals surface area contributed by atoms with Crippen LogP contribution in [0.2, 0.25) is 0 Å². The van der Waals surface area contributed by atoms with Gasteiger partial charge < -0.3 is 24.1 Å². The summed E-state index contributed by atoms with van der Waals surface area (Å²) in [6.45, 7) is 1.64. The topological polar surface area (TPSA) is 135 Å². The third kappa shape index (κ3) is 9.03. The number of carboxylic acids is 1. The zero-order chi connectivity index (χ0) is 36.0. The van der Waals surface area contributed by atoms with Crippen LogP contribution in [0.5, 0.6) is 11.6 Å². The molecule has 0 spiro atoms. The van der Waals surface area contributed by atoms with Gasteiger partial charge in [0.2, 0.25) is 11.8 Å². The van der Waals surface area contributed by atoms with Crippen molar-refractivity contribution < 1.29 is 46.9 Å². The van der Waals surface area contributed by atoms with Crippen LogP contribution in [0, 0.1) is 0 Å². The summed E-state index contributed by atoms with van der Waals surface area (Å²) in [5.41, 5.74) is 3.95. The molecule has 3 aromatic carbocycles. The van der Waals surface area contributed by atoms with Crippen molar-refractivity contribution >= 4 is 23.2 Å². The number of ether oxygens (including phenoxy) is 2. The minimum Gasteiger partial charge on any atom is -0.489 e. The minimum atomic E-state index is -4.47. The number of oxazole rings is 1. The summed E-state index contributed by atoms with van der Waals surface area (Å²) in [7, 11) is 0. The van der Waals surface area contributed by atoms with E-state index in [-0.39, 0.29) is 41.9 Å². The zero-order valence-corrected chi connectivity index (χ0v) is 27.6. The van der Waals surface area contributed by atoms with Crippen LogP contribution in [0.15, 0.2) is 83.3 Å². The van der Waals surface area contributed by atoms with Crippen molar-refractivity contribution in [2.45, 2.75) is 63.8 Å². The number of alkyl halides is 3. The van der Waals surface area contributed by atoms with Gasteiger partial charge in [0.1, 0.15) is 17.9 Å². The van der Waals surface area contributed by atoms with E-state index in [4.69, 9.17) is 24.1 Å². The summed E-state index contributed by atoms with van der Waals surface area (Å²) in [6.07, 6.45) is -1.38. The molecule has 1 aliphatic carbocycles. The summed E-state index contributed by atoms with van der Waals surface area (Å²) in [5.74, 6) is 0.174. The zero-order valence-electron chi connectivity index (χ0n) is 27.6. The summed E-state index contributed by atoms with van der Waals surface area (Å²) in [6, 6.07) is 21.8. The summed E-state index contributed by atoms with van der Waals surface area (Å²) in [4.78, 5) is 33.3. The number of nitrogens with zero attached hydrogens (tertiary/aromatic N) is 3. The second-order valence-electron chi connectivity index (χ2n) is 12.4. The molecule has 1 unspecified atom stereocenters. The number of fused-ring (bicyclic) bond motifs is 2. The van der Waals surface area contributed by atoms with E-state index >= 15 is 0 Å². The summed E-state index contributed by atoms with van der Waals surface area (Å²) >= 11 is 0. The highest BCUT2D eigenvalue weighted by Gasteiger charge is 2.31. The highest BCUT2D eigenvalue weighted by Crippen LogP contribution is 2.36. The van der Waals surface area contributed by atoms with Gasteiger partial charge in [-0.25, -0.2) is 14.8 Å². The molecule has 1 atom stereocenters. The molecule has 0 saturated carbocycles. The van der Waals surface area contributed by atoms with Gasteiger partial charge in [-0.1, -0.05) is 36.4 Å². The first kappa shape index (κ1) is 35.4. The molecule has 13 heteroatoms. The smallest absolute Gasteiger partial charge is 0.489 e. The first-order valence-corrected chi connectivity index (χ1v) is 16.7. The Hall–Kier alpha value is -5.43. The lowest BCUT2D eigenvalue weighted by Crippen LogP contribution is -2.34. The fourth-order valence-electron chi connectivity index (χ4n) is 6.40. The van der Waals surface area contributed by atoms with Crippen LogP contribution in [0.25, 0.3) is 22.6 Å². The molecule has 5 aromatic rings. The second-order valence-corrected chi connectivity index (χ2v) is 12.4. The number of aromatic nitrogens is 2. The molecular formula is C38H36F3N3O7. The van der Waals surface area contributed by atoms with Gasteiger partial charge in [-0.3, -0.25) is 9.69 Å². The fraction of sp³-hybridized carbons (Fsp3) is 0.316. The van der Waals surface area contributed by atoms with Crippen LogP contribution in [0.1, 0.15) is 66.1 Å². The molecule has 0 bridgehead atoms. The molecule has 2 aromatic heterocycles. The van der Waals surface area contributed by atoms with E-state index in [9.17, 15) is 22.8 Å². The van der Waals surface area contributed by atoms with Gasteiger partial charge in [-0.15, -0.1) is 0 Å². The molecule has 6 rings (SSSR count). The number of unbranched alkanes of at least 4 members (excludes halogenated alkanes) is 1. The maximum atomic E-state index is 13.1. The Labute approximate surface area is 291 Å². The van der Waals surface area contributed by atoms with Crippen LogP contribution in [0.4, 0.5) is 18.0 Å². The van der Waals surface area contributed by atoms with Gasteiger partial charge in [0.25, 0.3) is 0 Å². The minimum absolute atomic E-state index is 0.0319. The molecule has 1 aliphatic rings. The number of para-hydroxylation sites is 1. The van der Waals surface area contributed by atoms with Crippen LogP contribution >= 0.6 is 0 Å². The van der Waals surface area contributed by atoms with E-state index < -0.39 is 23.9 Å². The Morgan fingerprint density at radius 3 is 2.51 bits per heavy atom. The van der Waals surface area contributed by atoms with E-state index in [1.54, 1.807) is 18.2 Å². The van der Waals surface area contributed by atoms with E-state index in [1.807, 2.05) is 42.5 Å². The number of rotatable bonds is 14. The molecular weight excluding hydrogens is 667 g/mol. The largest absolute Gasteiger partial charge is 0.512 e. The summed E-state index contributed by atoms with van der Waals surface area (Å²) in [5, 5.41) is 18.2. The standard InChI is InChI=1S/C38H36F3N3O7/c39-38(40,41)27-15-17-33-30(22-27)43-36(50-33)26-13-11-24(12-14-26)23-49-32-9-2-1-6-25(32)19-21-44(20-4-3-10-35(45)46)31-8-5-7-29-28(31)16-18-34(42-29)51-37(47)48/h1-2,6,9,11-18,22,31H,3-5,7-8,10,19-21,23H2,(H,45,46)(H,47,48). The predicted octanol–water partition coefficient (Wildman–Crippen LogP) is 8.72. The first-order chi connectivity index (χ1) is 24.5. The monoisotopic (exact) mass is 703 g/mol. The van der Waals surface area contributed by atoms with E-state index in [2.05, 4.69) is 14.9 Å². The molecule has 0 aliphatic heterocycles. The van der Waals surface area contributed by atoms with Crippen LogP contribution in [-0.2, 0) is 30.4 Å². The number of carbonyl (C=O) groups is 2. The number of carboxylic acid groups (broad SMARTS) is 2. The van der Waals surface area contributed by atoms with Crippen LogP contribution in [0.3, 0.4) is 0 Å². The molecule has 266 valence electrons. The van der Waals surface area contributed by atoms with Gasteiger partial charge in [0, 0.05) is 36.3 Å². The molecule has 2 N–H and O–H groups in total. The van der Waals surface area contributed by atoms with Crippen molar-refractivity contribution in [2.24, 2.45) is 0 Å². The lowest BCUT2D eigenvalue weighted by molar-refractivity contribution is -0.138. The normalized spacial score (nSPS) is 14.4. The Bertz CT molecular complexity index is 2000. The molecule has 0 amide bonds. The van der Waals surface area contributed by atoms with Gasteiger partial charge in [0.15, 0.2) is 5.58 Å². The van der Waals surface area contributed by atoms with Gasteiger partial charge in [-0.2, -0.15) is 13.2 Å². The van der Waals surface area contributed by atoms with Crippen molar-refractivity contribution in [1.82, 2.24) is 14.9 Å². The Morgan fingerprint density at radius 1 is 0.941 bits per heavy atom. The lowest BCUT2D eigenvalue weighted by Gasteiger charge is -2.36. The van der Waals surface area contributed by atoms with Gasteiger partial charge in [-0.05, 0) is 98.2 Å². The van der Waals surface area contributed by atoms with Crippen molar-refractivity contribution in [1.29, 1.82) is 0 Å². The number of hydrogen-bond donors (Lipinski definition) is 2. The quantitative estimate of drug-likeness (QED) is 0.0854. The van der Waals surface area contributed by atoms with Crippen molar-refractivity contribution in [3.8, 4) is 23.1 Å². The molecule has 2 heterocycles. The Morgan fingerprint density at radius 2 is 1.75 bits per heavy atom. The number of aryl methyl sites for hydroxylation is 1. The summed E-state index contributed by atoms with van der Waals surface area (Å²) < 4.78 is 56.1. The van der Waals surface area contributed by atoms with Crippen LogP contribution < -0.4 is 9.47 Å². The van der Waals surface area contributed by atoms with Crippen molar-refractivity contribution in [3.05, 3.63) is 107 Å². The SMILES string of the molecule is O=C(O)CCCCN(CCc1ccccc1OCc1ccc(-c2nc3cc(C(F)(F)F)ccc3o2)cc1)C1CCCc2nc(OC(=O)O)ccc21. The number of hydrogen-bond acceptors (Lipinski definition) is 8. The van der Waals surface area contributed by atoms with Crippen molar-refractivity contribution in [2.75, 3.05) is 13.1 Å². The van der Waals surface area contributed by atoms with Gasteiger partial charge in [0.05, 0.1) is 5.56 Å². The Balaban J connectivity index is 1.12. The van der Waals surface area contributed by atoms with Gasteiger partial charge >= 0.3 is 18.3 Å². The van der Waals surface area contributed by atoms with E-state index in [1.165, 1.54) is 6.07 Å². The fourth-order valence-corrected chi connectivity index (χ4v) is 6.40. The highest BCUT2D eigenvalue weighted by molar-refractivity contribution is 5.77. The molecule has 0 saturated heterocycles. The van der Waals surface area contributed by atoms with Crippen molar-refractivity contribution in [3.63, 3.8) is 0 Å². The second kappa shape index (κ2) is 15.6. The Kier molecular flexibility index (Phi) is 10.8. The predicted molar refractivity (Wildman–Crippen MR) is 181 cm³/mol. The number of benzene rings is 3. The number of pyridine rings is 1. The molecule has 10 nitrogen and oxygen atoms in total. The average molecular weight is 704 g/mol. The van der Waals surface area contributed by atoms with E-state index in [0.29, 0.717) is 44.3 Å². The maximum absolute atomic E-state index is 13.1. The first-order valence-electron chi connectivity index (χ1n) is 16.7. The molecule has 51 heavy (non-hydrogen) atoms. The highest BCUT2D eigenvalue weighted by atomic mass is 19.4. The third-order valence-electron chi connectivity index (χ3n) is 8.90. The number of aliphatic carboxylic acids is 1. The van der Waals surface area contributed by atoms with Crippen LogP contribution in [-0.4, -0.2) is 50.3 Å². The third-order valence-corrected chi connectivity index (χ3v) is 8.90. The maximum Gasteiger partial charge on any atom is 0.512 e. The molecule has 0 fully saturated rings. The molecule has 0 radical (unpaired) electrons. The number of halogens is 3. The average Bonchev–Trinajstić information content (AvgIpc) is 3.54. The lowest BCUT2D eigenvalue weighted by atomic mass is 9.89.